The maximum atomic E-state index is 6.28. The third kappa shape index (κ3) is 1.66. The lowest BCUT2D eigenvalue weighted by molar-refractivity contribution is 0.0518. The van der Waals surface area contributed by atoms with Gasteiger partial charge < -0.3 is 14.2 Å². The summed E-state index contributed by atoms with van der Waals surface area (Å²) in [5.41, 5.74) is 2.34. The highest BCUT2D eigenvalue weighted by Crippen LogP contribution is 2.47. The van der Waals surface area contributed by atoms with Crippen LogP contribution in [-0.2, 0) is 6.42 Å². The van der Waals surface area contributed by atoms with E-state index >= 15 is 0 Å². The first-order valence-corrected chi connectivity index (χ1v) is 6.91. The van der Waals surface area contributed by atoms with Crippen LogP contribution in [0.15, 0.2) is 42.5 Å². The predicted molar refractivity (Wildman–Crippen MR) is 75.5 cm³/mol. The minimum Gasteiger partial charge on any atom is -0.493 e. The molecular formula is C17H16O3. The second kappa shape index (κ2) is 4.44. The molecule has 4 rings (SSSR count). The van der Waals surface area contributed by atoms with Gasteiger partial charge in [0.05, 0.1) is 13.7 Å². The van der Waals surface area contributed by atoms with E-state index in [0.717, 1.165) is 29.2 Å². The van der Waals surface area contributed by atoms with Crippen molar-refractivity contribution in [1.29, 1.82) is 0 Å². The van der Waals surface area contributed by atoms with Gasteiger partial charge in [0.25, 0.3) is 0 Å². The molecule has 2 aromatic rings. The second-order valence-corrected chi connectivity index (χ2v) is 5.30. The summed E-state index contributed by atoms with van der Waals surface area (Å²) in [4.78, 5) is 0. The van der Waals surface area contributed by atoms with E-state index in [9.17, 15) is 0 Å². The minimum absolute atomic E-state index is 0.0590. The number of benzene rings is 2. The number of fused-ring (bicyclic) bond motifs is 4. The summed E-state index contributed by atoms with van der Waals surface area (Å²) < 4.78 is 17.6. The van der Waals surface area contributed by atoms with Crippen LogP contribution in [0.5, 0.6) is 17.2 Å². The fourth-order valence-electron chi connectivity index (χ4n) is 3.14. The average molecular weight is 268 g/mol. The molecule has 0 saturated heterocycles. The Morgan fingerprint density at radius 1 is 1.10 bits per heavy atom. The van der Waals surface area contributed by atoms with Gasteiger partial charge in [-0.2, -0.15) is 0 Å². The van der Waals surface area contributed by atoms with Crippen LogP contribution >= 0.6 is 0 Å². The molecular weight excluding hydrogens is 252 g/mol. The third-order valence-electron chi connectivity index (χ3n) is 4.11. The van der Waals surface area contributed by atoms with Crippen molar-refractivity contribution in [2.45, 2.75) is 12.5 Å². The highest BCUT2D eigenvalue weighted by atomic mass is 16.5. The Bertz CT molecular complexity index is 650. The lowest BCUT2D eigenvalue weighted by Gasteiger charge is -2.38. The number of methoxy groups -OCH3 is 1. The van der Waals surface area contributed by atoms with Crippen molar-refractivity contribution < 1.29 is 14.2 Å². The molecule has 0 amide bonds. The lowest BCUT2D eigenvalue weighted by atomic mass is 9.85. The maximum absolute atomic E-state index is 6.28. The summed E-state index contributed by atoms with van der Waals surface area (Å²) in [5, 5.41) is 0. The highest BCUT2D eigenvalue weighted by Gasteiger charge is 2.37. The van der Waals surface area contributed by atoms with Gasteiger partial charge in [-0.05, 0) is 24.1 Å². The van der Waals surface area contributed by atoms with Crippen molar-refractivity contribution in [2.24, 2.45) is 5.92 Å². The smallest absolute Gasteiger partial charge is 0.165 e. The van der Waals surface area contributed by atoms with E-state index in [1.807, 2.05) is 30.3 Å². The molecule has 0 aliphatic carbocycles. The summed E-state index contributed by atoms with van der Waals surface area (Å²) in [6.07, 6.45) is 1.02. The zero-order chi connectivity index (χ0) is 13.5. The van der Waals surface area contributed by atoms with Crippen LogP contribution in [0.1, 0.15) is 17.2 Å². The standard InChI is InChI=1S/C17H16O3/c1-18-15-8-4-5-11-9-12-10-19-14-7-3-2-6-13(14)16(12)20-17(11)15/h2-8,12,16H,9-10H2,1H3/t12-,16+/m1/s1. The zero-order valence-electron chi connectivity index (χ0n) is 11.3. The largest absolute Gasteiger partial charge is 0.493 e. The van der Waals surface area contributed by atoms with Crippen molar-refractivity contribution in [3.63, 3.8) is 0 Å². The summed E-state index contributed by atoms with van der Waals surface area (Å²) in [5.74, 6) is 2.99. The Hall–Kier alpha value is -2.16. The van der Waals surface area contributed by atoms with Crippen molar-refractivity contribution in [3.8, 4) is 17.2 Å². The summed E-state index contributed by atoms with van der Waals surface area (Å²) >= 11 is 0. The van der Waals surface area contributed by atoms with Gasteiger partial charge in [-0.25, -0.2) is 0 Å². The van der Waals surface area contributed by atoms with E-state index in [1.165, 1.54) is 5.56 Å². The molecule has 0 bridgehead atoms. The Morgan fingerprint density at radius 2 is 2.00 bits per heavy atom. The first-order valence-electron chi connectivity index (χ1n) is 6.91. The fourth-order valence-corrected chi connectivity index (χ4v) is 3.14. The van der Waals surface area contributed by atoms with Crippen molar-refractivity contribution >= 4 is 0 Å². The fraction of sp³-hybridized carbons (Fsp3) is 0.294. The first kappa shape index (κ1) is 11.6. The Labute approximate surface area is 118 Å². The first-order chi connectivity index (χ1) is 9.86. The molecule has 0 N–H and O–H groups in total. The molecule has 0 unspecified atom stereocenters. The predicted octanol–water partition coefficient (Wildman–Crippen LogP) is 3.38. The van der Waals surface area contributed by atoms with Crippen molar-refractivity contribution in [1.82, 2.24) is 0 Å². The van der Waals surface area contributed by atoms with E-state index in [1.54, 1.807) is 7.11 Å². The van der Waals surface area contributed by atoms with E-state index in [-0.39, 0.29) is 6.10 Å². The molecule has 0 saturated carbocycles. The topological polar surface area (TPSA) is 27.7 Å². The van der Waals surface area contributed by atoms with Crippen molar-refractivity contribution in [3.05, 3.63) is 53.6 Å². The molecule has 0 aromatic heterocycles. The molecule has 3 heteroatoms. The maximum Gasteiger partial charge on any atom is 0.165 e. The number of ether oxygens (including phenoxy) is 3. The second-order valence-electron chi connectivity index (χ2n) is 5.30. The normalized spacial score (nSPS) is 22.6. The number of rotatable bonds is 1. The van der Waals surface area contributed by atoms with Crippen molar-refractivity contribution in [2.75, 3.05) is 13.7 Å². The quantitative estimate of drug-likeness (QED) is 0.793. The summed E-state index contributed by atoms with van der Waals surface area (Å²) in [6, 6.07) is 14.2. The minimum atomic E-state index is 0.0590. The molecule has 2 aromatic carbocycles. The van der Waals surface area contributed by atoms with Gasteiger partial charge in [0.15, 0.2) is 11.5 Å². The number of hydrogen-bond acceptors (Lipinski definition) is 3. The van der Waals surface area contributed by atoms with E-state index in [0.29, 0.717) is 12.5 Å². The van der Waals surface area contributed by atoms with Crippen LogP contribution in [0.2, 0.25) is 0 Å². The Kier molecular flexibility index (Phi) is 2.59. The zero-order valence-corrected chi connectivity index (χ0v) is 11.3. The average Bonchev–Trinajstić information content (AvgIpc) is 2.52. The molecule has 20 heavy (non-hydrogen) atoms. The van der Waals surface area contributed by atoms with Gasteiger partial charge in [-0.1, -0.05) is 30.3 Å². The highest BCUT2D eigenvalue weighted by molar-refractivity contribution is 5.50. The molecule has 0 radical (unpaired) electrons. The summed E-state index contributed by atoms with van der Waals surface area (Å²) in [6.45, 7) is 0.707. The molecule has 2 aliphatic rings. The van der Waals surface area contributed by atoms with Crippen LogP contribution in [0.25, 0.3) is 0 Å². The van der Waals surface area contributed by atoms with Gasteiger partial charge in [-0.3, -0.25) is 0 Å². The molecule has 0 fully saturated rings. The van der Waals surface area contributed by atoms with Gasteiger partial charge in [-0.15, -0.1) is 0 Å². The summed E-state index contributed by atoms with van der Waals surface area (Å²) in [7, 11) is 1.68. The van der Waals surface area contributed by atoms with Crippen LogP contribution in [-0.4, -0.2) is 13.7 Å². The molecule has 0 spiro atoms. The van der Waals surface area contributed by atoms with Gasteiger partial charge in [0.2, 0.25) is 0 Å². The number of para-hydroxylation sites is 2. The van der Waals surface area contributed by atoms with E-state index < -0.39 is 0 Å². The lowest BCUT2D eigenvalue weighted by Crippen LogP contribution is -2.34. The van der Waals surface area contributed by atoms with Crippen LogP contribution in [0, 0.1) is 5.92 Å². The van der Waals surface area contributed by atoms with Gasteiger partial charge >= 0.3 is 0 Å². The molecule has 2 aliphatic heterocycles. The van der Waals surface area contributed by atoms with Gasteiger partial charge in [0.1, 0.15) is 11.9 Å². The Morgan fingerprint density at radius 3 is 2.90 bits per heavy atom. The SMILES string of the molecule is COc1cccc2c1O[C@@H]1c3ccccc3OC[C@H]1C2. The third-order valence-corrected chi connectivity index (χ3v) is 4.11. The molecule has 102 valence electrons. The Balaban J connectivity index is 1.79. The molecule has 2 heterocycles. The van der Waals surface area contributed by atoms with Crippen LogP contribution < -0.4 is 14.2 Å². The van der Waals surface area contributed by atoms with Gasteiger partial charge in [0, 0.05) is 11.5 Å². The van der Waals surface area contributed by atoms with E-state index in [2.05, 4.69) is 12.1 Å². The van der Waals surface area contributed by atoms with Crippen LogP contribution in [0.4, 0.5) is 0 Å². The monoisotopic (exact) mass is 268 g/mol. The van der Waals surface area contributed by atoms with Crippen LogP contribution in [0.3, 0.4) is 0 Å². The molecule has 2 atom stereocenters. The number of hydrogen-bond donors (Lipinski definition) is 0. The molecule has 3 nitrogen and oxygen atoms in total. The van der Waals surface area contributed by atoms with E-state index in [4.69, 9.17) is 14.2 Å².